The number of aliphatic hydroxyl groups excluding tert-OH is 1. The third-order valence-electron chi connectivity index (χ3n) is 5.05. The van der Waals surface area contributed by atoms with E-state index in [0.717, 1.165) is 44.6 Å². The lowest BCUT2D eigenvalue weighted by molar-refractivity contribution is -0.0593. The molecule has 1 saturated carbocycles. The zero-order valence-electron chi connectivity index (χ0n) is 13.2. The minimum atomic E-state index is 0.0203. The van der Waals surface area contributed by atoms with Crippen LogP contribution in [0.3, 0.4) is 0 Å². The molecule has 0 aromatic rings. The summed E-state index contributed by atoms with van der Waals surface area (Å²) in [6.45, 7) is 9.58. The third-order valence-corrected chi connectivity index (χ3v) is 5.05. The number of nitrogens with one attached hydrogen (secondary N) is 1. The van der Waals surface area contributed by atoms with E-state index in [4.69, 9.17) is 4.74 Å². The van der Waals surface area contributed by atoms with Gasteiger partial charge in [0.1, 0.15) is 0 Å². The van der Waals surface area contributed by atoms with E-state index in [0.29, 0.717) is 6.04 Å². The van der Waals surface area contributed by atoms with Gasteiger partial charge in [-0.05, 0) is 37.6 Å². The predicted molar refractivity (Wildman–Crippen MR) is 81.9 cm³/mol. The second-order valence-corrected chi connectivity index (χ2v) is 6.45. The fourth-order valence-corrected chi connectivity index (χ4v) is 3.85. The first-order chi connectivity index (χ1) is 9.76. The van der Waals surface area contributed by atoms with Gasteiger partial charge >= 0.3 is 0 Å². The van der Waals surface area contributed by atoms with Crippen LogP contribution in [0.15, 0.2) is 0 Å². The Kier molecular flexibility index (Phi) is 6.75. The van der Waals surface area contributed by atoms with E-state index in [1.807, 2.05) is 0 Å². The van der Waals surface area contributed by atoms with Crippen molar-refractivity contribution in [3.63, 3.8) is 0 Å². The largest absolute Gasteiger partial charge is 0.394 e. The van der Waals surface area contributed by atoms with Crippen molar-refractivity contribution in [2.45, 2.75) is 51.7 Å². The lowest BCUT2D eigenvalue weighted by Gasteiger charge is -2.41. The summed E-state index contributed by atoms with van der Waals surface area (Å²) < 4.78 is 5.56. The molecule has 2 rings (SSSR count). The summed E-state index contributed by atoms with van der Waals surface area (Å²) >= 11 is 0. The van der Waals surface area contributed by atoms with Crippen molar-refractivity contribution >= 4 is 0 Å². The molecule has 0 amide bonds. The van der Waals surface area contributed by atoms with Gasteiger partial charge in [0, 0.05) is 25.7 Å². The molecule has 1 aliphatic carbocycles. The molecule has 0 aromatic carbocycles. The fourth-order valence-electron chi connectivity index (χ4n) is 3.85. The van der Waals surface area contributed by atoms with Crippen molar-refractivity contribution in [1.29, 1.82) is 0 Å². The number of nitrogens with zero attached hydrogens (tertiary/aromatic N) is 1. The summed E-state index contributed by atoms with van der Waals surface area (Å²) in [4.78, 5) is 2.50. The molecule has 118 valence electrons. The topological polar surface area (TPSA) is 44.7 Å². The van der Waals surface area contributed by atoms with Gasteiger partial charge in [-0.15, -0.1) is 0 Å². The normalized spacial score (nSPS) is 36.1. The van der Waals surface area contributed by atoms with Crippen molar-refractivity contribution in [3.05, 3.63) is 0 Å². The first-order valence-electron chi connectivity index (χ1n) is 8.45. The van der Waals surface area contributed by atoms with Gasteiger partial charge in [-0.2, -0.15) is 0 Å². The first-order valence-corrected chi connectivity index (χ1v) is 8.45. The third kappa shape index (κ3) is 4.42. The van der Waals surface area contributed by atoms with Crippen molar-refractivity contribution in [2.24, 2.45) is 11.8 Å². The minimum absolute atomic E-state index is 0.0203. The molecule has 2 fully saturated rings. The summed E-state index contributed by atoms with van der Waals surface area (Å²) in [6, 6.07) is 0.679. The van der Waals surface area contributed by atoms with Crippen molar-refractivity contribution in [3.8, 4) is 0 Å². The van der Waals surface area contributed by atoms with Crippen LogP contribution < -0.4 is 5.32 Å². The SMILES string of the molecule is CCNC1CCC(CC)CC1CN1CCOC(CO)C1. The Balaban J connectivity index is 1.88. The summed E-state index contributed by atoms with van der Waals surface area (Å²) in [5.41, 5.74) is 0. The first kappa shape index (κ1) is 16.2. The van der Waals surface area contributed by atoms with Gasteiger partial charge < -0.3 is 15.2 Å². The summed E-state index contributed by atoms with van der Waals surface area (Å²) in [5.74, 6) is 1.66. The standard InChI is InChI=1S/C16H32N2O2/c1-3-13-5-6-16(17-4-2)14(9-13)10-18-7-8-20-15(11-18)12-19/h13-17,19H,3-12H2,1-2H3. The van der Waals surface area contributed by atoms with E-state index in [1.165, 1.54) is 25.7 Å². The highest BCUT2D eigenvalue weighted by Crippen LogP contribution is 2.32. The average molecular weight is 284 g/mol. The number of ether oxygens (including phenoxy) is 1. The minimum Gasteiger partial charge on any atom is -0.394 e. The predicted octanol–water partition coefficient (Wildman–Crippen LogP) is 1.48. The number of hydrogen-bond acceptors (Lipinski definition) is 4. The van der Waals surface area contributed by atoms with E-state index in [9.17, 15) is 5.11 Å². The van der Waals surface area contributed by atoms with Crippen LogP contribution >= 0.6 is 0 Å². The number of rotatable bonds is 6. The Labute approximate surface area is 123 Å². The molecule has 0 radical (unpaired) electrons. The Morgan fingerprint density at radius 3 is 2.85 bits per heavy atom. The zero-order valence-corrected chi connectivity index (χ0v) is 13.2. The molecule has 4 heteroatoms. The lowest BCUT2D eigenvalue weighted by Crippen LogP contribution is -2.50. The van der Waals surface area contributed by atoms with Crippen LogP contribution in [-0.2, 0) is 4.74 Å². The van der Waals surface area contributed by atoms with Crippen molar-refractivity contribution < 1.29 is 9.84 Å². The molecule has 4 unspecified atom stereocenters. The van der Waals surface area contributed by atoms with E-state index >= 15 is 0 Å². The van der Waals surface area contributed by atoms with Crippen LogP contribution in [0.2, 0.25) is 0 Å². The fraction of sp³-hybridized carbons (Fsp3) is 1.00. The van der Waals surface area contributed by atoms with Gasteiger partial charge in [0.15, 0.2) is 0 Å². The highest BCUT2D eigenvalue weighted by atomic mass is 16.5. The van der Waals surface area contributed by atoms with E-state index < -0.39 is 0 Å². The van der Waals surface area contributed by atoms with Crippen LogP contribution in [0.25, 0.3) is 0 Å². The number of hydrogen-bond donors (Lipinski definition) is 2. The Bertz CT molecular complexity index is 275. The number of morpholine rings is 1. The maximum absolute atomic E-state index is 9.27. The van der Waals surface area contributed by atoms with Crippen LogP contribution in [0.5, 0.6) is 0 Å². The molecule has 4 nitrogen and oxygen atoms in total. The maximum Gasteiger partial charge on any atom is 0.0932 e. The second-order valence-electron chi connectivity index (χ2n) is 6.45. The van der Waals surface area contributed by atoms with Gasteiger partial charge in [0.2, 0.25) is 0 Å². The van der Waals surface area contributed by atoms with E-state index in [-0.39, 0.29) is 12.7 Å². The van der Waals surface area contributed by atoms with Gasteiger partial charge in [-0.1, -0.05) is 20.3 Å². The summed E-state index contributed by atoms with van der Waals surface area (Å²) in [5, 5.41) is 13.0. The molecular weight excluding hydrogens is 252 g/mol. The van der Waals surface area contributed by atoms with Crippen molar-refractivity contribution in [2.75, 3.05) is 39.4 Å². The Morgan fingerprint density at radius 1 is 1.30 bits per heavy atom. The molecule has 0 aromatic heterocycles. The smallest absolute Gasteiger partial charge is 0.0932 e. The van der Waals surface area contributed by atoms with Gasteiger partial charge in [0.05, 0.1) is 19.3 Å². The molecule has 2 aliphatic rings. The van der Waals surface area contributed by atoms with Gasteiger partial charge in [-0.3, -0.25) is 4.90 Å². The van der Waals surface area contributed by atoms with E-state index in [2.05, 4.69) is 24.1 Å². The van der Waals surface area contributed by atoms with Gasteiger partial charge in [0.25, 0.3) is 0 Å². The van der Waals surface area contributed by atoms with E-state index in [1.54, 1.807) is 0 Å². The Morgan fingerprint density at radius 2 is 2.15 bits per heavy atom. The molecule has 4 atom stereocenters. The molecule has 1 aliphatic heterocycles. The molecule has 0 bridgehead atoms. The molecule has 0 spiro atoms. The van der Waals surface area contributed by atoms with Crippen molar-refractivity contribution in [1.82, 2.24) is 10.2 Å². The quantitative estimate of drug-likeness (QED) is 0.775. The second kappa shape index (κ2) is 8.32. The highest BCUT2D eigenvalue weighted by Gasteiger charge is 2.31. The van der Waals surface area contributed by atoms with Crippen LogP contribution in [0.4, 0.5) is 0 Å². The van der Waals surface area contributed by atoms with Crippen LogP contribution in [-0.4, -0.2) is 61.5 Å². The van der Waals surface area contributed by atoms with Crippen LogP contribution in [0, 0.1) is 11.8 Å². The molecule has 20 heavy (non-hydrogen) atoms. The molecule has 2 N–H and O–H groups in total. The highest BCUT2D eigenvalue weighted by molar-refractivity contribution is 4.87. The molecule has 1 saturated heterocycles. The lowest BCUT2D eigenvalue weighted by atomic mass is 9.76. The molecular formula is C16H32N2O2. The summed E-state index contributed by atoms with van der Waals surface area (Å²) in [6.07, 6.45) is 5.40. The number of aliphatic hydroxyl groups is 1. The zero-order chi connectivity index (χ0) is 14.4. The average Bonchev–Trinajstić information content (AvgIpc) is 2.49. The summed E-state index contributed by atoms with van der Waals surface area (Å²) in [7, 11) is 0. The molecule has 1 heterocycles. The van der Waals surface area contributed by atoms with Gasteiger partial charge in [-0.25, -0.2) is 0 Å². The monoisotopic (exact) mass is 284 g/mol. The van der Waals surface area contributed by atoms with Crippen LogP contribution in [0.1, 0.15) is 39.5 Å². The maximum atomic E-state index is 9.27. The Hall–Kier alpha value is -0.160.